The molecule has 2 rings (SSSR count). The molecule has 0 radical (unpaired) electrons. The molecule has 1 aromatic carbocycles. The summed E-state index contributed by atoms with van der Waals surface area (Å²) in [4.78, 5) is 14.4. The van der Waals surface area contributed by atoms with Gasteiger partial charge in [0.2, 0.25) is 5.91 Å². The highest BCUT2D eigenvalue weighted by molar-refractivity contribution is 5.82. The molecule has 1 unspecified atom stereocenters. The number of hydrogen-bond acceptors (Lipinski definition) is 2. The van der Waals surface area contributed by atoms with Gasteiger partial charge in [-0.25, -0.2) is 0 Å². The van der Waals surface area contributed by atoms with Crippen LogP contribution in [0.25, 0.3) is 0 Å². The standard InChI is InChI=1S/C16H24N2O/c1-2-3-11-18(14-9-10-14)16(19)15(17)12-13-7-5-4-6-8-13/h4-8,14-15H,2-3,9-12,17H2,1H3. The molecule has 1 atom stereocenters. The Hall–Kier alpha value is -1.35. The topological polar surface area (TPSA) is 46.3 Å². The Bertz CT molecular complexity index is 400. The summed E-state index contributed by atoms with van der Waals surface area (Å²) in [7, 11) is 0. The Balaban J connectivity index is 1.92. The van der Waals surface area contributed by atoms with Crippen LogP contribution >= 0.6 is 0 Å². The lowest BCUT2D eigenvalue weighted by molar-refractivity contribution is -0.133. The summed E-state index contributed by atoms with van der Waals surface area (Å²) in [6.07, 6.45) is 5.11. The zero-order valence-corrected chi connectivity index (χ0v) is 11.7. The van der Waals surface area contributed by atoms with E-state index in [1.54, 1.807) is 0 Å². The van der Waals surface area contributed by atoms with Gasteiger partial charge in [0.1, 0.15) is 0 Å². The van der Waals surface area contributed by atoms with Crippen molar-refractivity contribution in [1.82, 2.24) is 4.90 Å². The van der Waals surface area contributed by atoms with Gasteiger partial charge in [-0.15, -0.1) is 0 Å². The maximum Gasteiger partial charge on any atom is 0.240 e. The van der Waals surface area contributed by atoms with E-state index in [0.29, 0.717) is 12.5 Å². The molecule has 0 saturated heterocycles. The van der Waals surface area contributed by atoms with Gasteiger partial charge in [0, 0.05) is 12.6 Å². The second-order valence-electron chi connectivity index (χ2n) is 5.41. The molecule has 1 aliphatic rings. The van der Waals surface area contributed by atoms with Crippen LogP contribution in [0.5, 0.6) is 0 Å². The summed E-state index contributed by atoms with van der Waals surface area (Å²) in [6, 6.07) is 10.1. The minimum Gasteiger partial charge on any atom is -0.338 e. The lowest BCUT2D eigenvalue weighted by atomic mass is 10.1. The van der Waals surface area contributed by atoms with E-state index in [2.05, 4.69) is 6.92 Å². The molecule has 1 saturated carbocycles. The number of benzene rings is 1. The van der Waals surface area contributed by atoms with Crippen molar-refractivity contribution in [2.24, 2.45) is 5.73 Å². The van der Waals surface area contributed by atoms with Crippen LogP contribution in [0.3, 0.4) is 0 Å². The van der Waals surface area contributed by atoms with E-state index in [0.717, 1.165) is 37.8 Å². The van der Waals surface area contributed by atoms with E-state index in [9.17, 15) is 4.79 Å². The molecule has 0 aliphatic heterocycles. The normalized spacial score (nSPS) is 16.1. The SMILES string of the molecule is CCCCN(C(=O)C(N)Cc1ccccc1)C1CC1. The van der Waals surface area contributed by atoms with Crippen molar-refractivity contribution in [2.75, 3.05) is 6.54 Å². The molecule has 2 N–H and O–H groups in total. The van der Waals surface area contributed by atoms with Crippen molar-refractivity contribution in [1.29, 1.82) is 0 Å². The van der Waals surface area contributed by atoms with E-state index in [1.165, 1.54) is 0 Å². The molecular weight excluding hydrogens is 236 g/mol. The van der Waals surface area contributed by atoms with Crippen LogP contribution in [0.1, 0.15) is 38.2 Å². The number of nitrogens with zero attached hydrogens (tertiary/aromatic N) is 1. The smallest absolute Gasteiger partial charge is 0.240 e. The number of rotatable bonds is 7. The number of carbonyl (C=O) groups is 1. The molecule has 104 valence electrons. The molecule has 0 bridgehead atoms. The van der Waals surface area contributed by atoms with Crippen LogP contribution in [-0.4, -0.2) is 29.4 Å². The molecule has 3 heteroatoms. The Kier molecular flexibility index (Phi) is 4.97. The lowest BCUT2D eigenvalue weighted by Crippen LogP contribution is -2.46. The summed E-state index contributed by atoms with van der Waals surface area (Å²) in [5, 5.41) is 0. The van der Waals surface area contributed by atoms with Crippen LogP contribution in [0.2, 0.25) is 0 Å². The van der Waals surface area contributed by atoms with Crippen LogP contribution in [0, 0.1) is 0 Å². The average molecular weight is 260 g/mol. The van der Waals surface area contributed by atoms with Crippen LogP contribution in [-0.2, 0) is 11.2 Å². The molecule has 19 heavy (non-hydrogen) atoms. The van der Waals surface area contributed by atoms with Crippen molar-refractivity contribution < 1.29 is 4.79 Å². The average Bonchev–Trinajstić information content (AvgIpc) is 3.24. The molecule has 0 heterocycles. The first-order chi connectivity index (χ1) is 9.22. The fourth-order valence-electron chi connectivity index (χ4n) is 2.36. The Morgan fingerprint density at radius 2 is 2.05 bits per heavy atom. The fourth-order valence-corrected chi connectivity index (χ4v) is 2.36. The first kappa shape index (κ1) is 14.1. The third kappa shape index (κ3) is 4.06. The molecule has 0 aromatic heterocycles. The monoisotopic (exact) mass is 260 g/mol. The second kappa shape index (κ2) is 6.71. The Labute approximate surface area is 115 Å². The van der Waals surface area contributed by atoms with Gasteiger partial charge in [0.25, 0.3) is 0 Å². The summed E-state index contributed by atoms with van der Waals surface area (Å²) in [5.74, 6) is 0.125. The largest absolute Gasteiger partial charge is 0.338 e. The molecule has 1 aliphatic carbocycles. The van der Waals surface area contributed by atoms with E-state index in [1.807, 2.05) is 35.2 Å². The predicted molar refractivity (Wildman–Crippen MR) is 77.8 cm³/mol. The van der Waals surface area contributed by atoms with Crippen LogP contribution in [0.15, 0.2) is 30.3 Å². The van der Waals surface area contributed by atoms with E-state index < -0.39 is 6.04 Å². The molecule has 1 aromatic rings. The van der Waals surface area contributed by atoms with Crippen molar-refractivity contribution in [3.8, 4) is 0 Å². The fraction of sp³-hybridized carbons (Fsp3) is 0.562. The lowest BCUT2D eigenvalue weighted by Gasteiger charge is -2.25. The van der Waals surface area contributed by atoms with Crippen LogP contribution in [0.4, 0.5) is 0 Å². The third-order valence-corrected chi connectivity index (χ3v) is 3.64. The van der Waals surface area contributed by atoms with Crippen molar-refractivity contribution >= 4 is 5.91 Å². The summed E-state index contributed by atoms with van der Waals surface area (Å²) >= 11 is 0. The maximum atomic E-state index is 12.4. The van der Waals surface area contributed by atoms with Gasteiger partial charge in [-0.1, -0.05) is 43.7 Å². The molecular formula is C16H24N2O. The minimum absolute atomic E-state index is 0.125. The molecule has 0 spiro atoms. The predicted octanol–water partition coefficient (Wildman–Crippen LogP) is 2.35. The highest BCUT2D eigenvalue weighted by Crippen LogP contribution is 2.27. The van der Waals surface area contributed by atoms with Gasteiger partial charge in [-0.3, -0.25) is 4.79 Å². The second-order valence-corrected chi connectivity index (χ2v) is 5.41. The first-order valence-corrected chi connectivity index (χ1v) is 7.32. The van der Waals surface area contributed by atoms with Crippen molar-refractivity contribution in [2.45, 2.75) is 51.1 Å². The van der Waals surface area contributed by atoms with Gasteiger partial charge in [0.05, 0.1) is 6.04 Å². The highest BCUT2D eigenvalue weighted by Gasteiger charge is 2.34. The Morgan fingerprint density at radius 1 is 1.37 bits per heavy atom. The third-order valence-electron chi connectivity index (χ3n) is 3.64. The summed E-state index contributed by atoms with van der Waals surface area (Å²) in [5.41, 5.74) is 7.23. The van der Waals surface area contributed by atoms with E-state index in [-0.39, 0.29) is 5.91 Å². The molecule has 1 amide bonds. The molecule has 3 nitrogen and oxygen atoms in total. The zero-order valence-electron chi connectivity index (χ0n) is 11.7. The van der Waals surface area contributed by atoms with Gasteiger partial charge >= 0.3 is 0 Å². The number of hydrogen-bond donors (Lipinski definition) is 1. The summed E-state index contributed by atoms with van der Waals surface area (Å²) < 4.78 is 0. The van der Waals surface area contributed by atoms with Crippen LogP contribution < -0.4 is 5.73 Å². The van der Waals surface area contributed by atoms with E-state index in [4.69, 9.17) is 5.73 Å². The first-order valence-electron chi connectivity index (χ1n) is 7.32. The Morgan fingerprint density at radius 3 is 2.63 bits per heavy atom. The van der Waals surface area contributed by atoms with Gasteiger partial charge in [0.15, 0.2) is 0 Å². The zero-order chi connectivity index (χ0) is 13.7. The maximum absolute atomic E-state index is 12.4. The molecule has 1 fully saturated rings. The minimum atomic E-state index is -0.403. The quantitative estimate of drug-likeness (QED) is 0.818. The highest BCUT2D eigenvalue weighted by atomic mass is 16.2. The van der Waals surface area contributed by atoms with Crippen molar-refractivity contribution in [3.05, 3.63) is 35.9 Å². The van der Waals surface area contributed by atoms with E-state index >= 15 is 0 Å². The number of unbranched alkanes of at least 4 members (excludes halogenated alkanes) is 1. The van der Waals surface area contributed by atoms with Gasteiger partial charge in [-0.05, 0) is 31.2 Å². The van der Waals surface area contributed by atoms with Gasteiger partial charge in [-0.2, -0.15) is 0 Å². The summed E-state index contributed by atoms with van der Waals surface area (Å²) in [6.45, 7) is 3.02. The van der Waals surface area contributed by atoms with Crippen molar-refractivity contribution in [3.63, 3.8) is 0 Å². The number of carbonyl (C=O) groups excluding carboxylic acids is 1. The number of amides is 1. The number of nitrogens with two attached hydrogens (primary N) is 1. The van der Waals surface area contributed by atoms with Gasteiger partial charge < -0.3 is 10.6 Å².